The Morgan fingerprint density at radius 3 is 0.902 bits per heavy atom. The summed E-state index contributed by atoms with van der Waals surface area (Å²) in [6.07, 6.45) is 3.18. The molecule has 9 heteroatoms. The lowest BCUT2D eigenvalue weighted by atomic mass is 9.61. The maximum atomic E-state index is 6.78. The van der Waals surface area contributed by atoms with Gasteiger partial charge in [0.05, 0.1) is 58.0 Å². The lowest BCUT2D eigenvalue weighted by molar-refractivity contribution is -0.119. The summed E-state index contributed by atoms with van der Waals surface area (Å²) in [5.74, 6) is 1.13. The molecule has 7 rings (SSSR count). The summed E-state index contributed by atoms with van der Waals surface area (Å²) in [6, 6.07) is 0. The first-order valence-corrected chi connectivity index (χ1v) is 19.4. The molecule has 0 saturated heterocycles. The zero-order valence-electron chi connectivity index (χ0n) is 33.6. The van der Waals surface area contributed by atoms with Crippen LogP contribution in [0, 0.1) is 16.2 Å². The molecule has 3 fully saturated rings. The molecule has 1 aromatic rings. The Morgan fingerprint density at radius 2 is 0.667 bits per heavy atom. The normalized spacial score (nSPS) is 38.1. The molecule has 0 spiro atoms. The minimum Gasteiger partial charge on any atom is -0.382 e. The van der Waals surface area contributed by atoms with E-state index in [0.717, 1.165) is 19.3 Å². The smallest absolute Gasteiger partial charge is 0.147 e. The van der Waals surface area contributed by atoms with E-state index in [0.29, 0.717) is 57.4 Å². The minimum absolute atomic E-state index is 0.00461. The van der Waals surface area contributed by atoms with Crippen LogP contribution < -0.4 is 0 Å². The first kappa shape index (κ1) is 38.1. The van der Waals surface area contributed by atoms with Crippen molar-refractivity contribution in [3.05, 3.63) is 33.4 Å². The third-order valence-corrected chi connectivity index (χ3v) is 16.5. The maximum absolute atomic E-state index is 6.78. The molecule has 9 nitrogen and oxygen atoms in total. The number of rotatable bonds is 18. The predicted octanol–water partition coefficient (Wildman–Crippen LogP) is 7.06. The van der Waals surface area contributed by atoms with Crippen LogP contribution >= 0.6 is 0 Å². The Hall–Kier alpha value is -1.14. The van der Waals surface area contributed by atoms with E-state index in [1.807, 2.05) is 0 Å². The molecule has 9 atom stereocenters. The number of benzene rings is 1. The van der Waals surface area contributed by atoms with E-state index < -0.39 is 0 Å². The molecule has 288 valence electrons. The third-order valence-electron chi connectivity index (χ3n) is 16.5. The van der Waals surface area contributed by atoms with Crippen molar-refractivity contribution < 1.29 is 42.6 Å². The summed E-state index contributed by atoms with van der Waals surface area (Å²) >= 11 is 0. The van der Waals surface area contributed by atoms with Gasteiger partial charge in [0.25, 0.3) is 0 Å². The fraction of sp³-hybridized carbons (Fsp3) is 0.857. The van der Waals surface area contributed by atoms with Gasteiger partial charge in [0.2, 0.25) is 0 Å². The van der Waals surface area contributed by atoms with Crippen molar-refractivity contribution in [1.29, 1.82) is 0 Å². The van der Waals surface area contributed by atoms with Gasteiger partial charge in [-0.3, -0.25) is 0 Å². The summed E-state index contributed by atoms with van der Waals surface area (Å²) in [7, 11) is 5.12. The van der Waals surface area contributed by atoms with E-state index in [9.17, 15) is 0 Å². The molecule has 6 aliphatic rings. The second-order valence-electron chi connectivity index (χ2n) is 18.5. The summed E-state index contributed by atoms with van der Waals surface area (Å²) in [5, 5.41) is 0. The molecule has 0 unspecified atom stereocenters. The fourth-order valence-electron chi connectivity index (χ4n) is 12.7. The van der Waals surface area contributed by atoms with Gasteiger partial charge >= 0.3 is 0 Å². The van der Waals surface area contributed by atoms with E-state index >= 15 is 0 Å². The summed E-state index contributed by atoms with van der Waals surface area (Å²) in [4.78, 5) is 0. The van der Waals surface area contributed by atoms with Crippen LogP contribution in [0.4, 0.5) is 0 Å². The Balaban J connectivity index is 1.38. The Morgan fingerprint density at radius 1 is 0.412 bits per heavy atom. The largest absolute Gasteiger partial charge is 0.382 e. The Kier molecular flexibility index (Phi) is 9.92. The number of hydrogen-bond acceptors (Lipinski definition) is 9. The van der Waals surface area contributed by atoms with Crippen LogP contribution in [0.3, 0.4) is 0 Å². The summed E-state index contributed by atoms with van der Waals surface area (Å²) < 4.78 is 53.8. The van der Waals surface area contributed by atoms with Gasteiger partial charge in [0, 0.05) is 37.6 Å². The zero-order valence-corrected chi connectivity index (χ0v) is 33.6. The molecule has 0 heterocycles. The molecule has 6 bridgehead atoms. The number of ether oxygens (including phenoxy) is 9. The second-order valence-corrected chi connectivity index (χ2v) is 18.5. The first-order valence-electron chi connectivity index (χ1n) is 19.4. The van der Waals surface area contributed by atoms with Gasteiger partial charge < -0.3 is 42.6 Å². The van der Waals surface area contributed by atoms with Crippen LogP contribution in [0.1, 0.15) is 133 Å². The average molecular weight is 715 g/mol. The van der Waals surface area contributed by atoms with Crippen LogP contribution in [0.2, 0.25) is 0 Å². The first-order chi connectivity index (χ1) is 24.1. The van der Waals surface area contributed by atoms with Crippen molar-refractivity contribution >= 4 is 0 Å². The fourth-order valence-corrected chi connectivity index (χ4v) is 12.7. The molecule has 1 aromatic carbocycles. The average Bonchev–Trinajstić information content (AvgIpc) is 3.68. The molecule has 3 saturated carbocycles. The highest BCUT2D eigenvalue weighted by atomic mass is 16.7. The standard InChI is InChI=1S/C42H66O9/c1-37(2)25-19-28(49-22-46-16-13-43-10)40(37,7)34-31(25)35-33(27-21-29(41(35,8)39(27,5)6)50-23-47-17-14-44-11)36-32(34)26-20-30(42(36,9)38(26,3)4)51-24-48-18-15-45-12/h25-30H,13-24H2,1-12H3/t25-,26-,27-,28-,29-,30-,40+,41+,42+/m1/s1. The van der Waals surface area contributed by atoms with Crippen molar-refractivity contribution in [3.63, 3.8) is 0 Å². The molecule has 0 aliphatic heterocycles. The van der Waals surface area contributed by atoms with Gasteiger partial charge in [0.15, 0.2) is 0 Å². The van der Waals surface area contributed by atoms with Crippen LogP contribution in [0.5, 0.6) is 0 Å². The highest BCUT2D eigenvalue weighted by Crippen LogP contribution is 2.81. The highest BCUT2D eigenvalue weighted by Gasteiger charge is 2.76. The summed E-state index contributed by atoms with van der Waals surface area (Å²) in [6.45, 7) is 26.7. The Labute approximate surface area is 307 Å². The lowest BCUT2D eigenvalue weighted by Crippen LogP contribution is -2.46. The van der Waals surface area contributed by atoms with Gasteiger partial charge in [-0.2, -0.15) is 0 Å². The van der Waals surface area contributed by atoms with Gasteiger partial charge in [0.1, 0.15) is 20.4 Å². The molecule has 0 aromatic heterocycles. The summed E-state index contributed by atoms with van der Waals surface area (Å²) in [5.41, 5.74) is 9.03. The van der Waals surface area contributed by atoms with Crippen LogP contribution in [-0.4, -0.2) is 99.7 Å². The van der Waals surface area contributed by atoms with E-state index in [1.165, 1.54) is 0 Å². The predicted molar refractivity (Wildman–Crippen MR) is 195 cm³/mol. The van der Waals surface area contributed by atoms with E-state index in [1.54, 1.807) is 54.7 Å². The minimum atomic E-state index is -0.185. The van der Waals surface area contributed by atoms with Crippen molar-refractivity contribution in [2.75, 3.05) is 81.3 Å². The van der Waals surface area contributed by atoms with Gasteiger partial charge in [-0.05, 0) is 86.6 Å². The van der Waals surface area contributed by atoms with Gasteiger partial charge in [-0.25, -0.2) is 0 Å². The molecular formula is C42H66O9. The second kappa shape index (κ2) is 13.3. The SMILES string of the molecule is COCCOCO[C@@H]1C[C@@H]2c3c(c4c(c5c3[C@]3(C)[C@H](OCOCCOC)C[C@H]5C3(C)C)[C@]3(C)[C@H](OCOCCOC)C[C@H]4C3(C)C)[C@@]1(C)C2(C)C. The van der Waals surface area contributed by atoms with Crippen molar-refractivity contribution in [2.45, 2.75) is 134 Å². The quantitative estimate of drug-likeness (QED) is 0.117. The van der Waals surface area contributed by atoms with Gasteiger partial charge in [-0.1, -0.05) is 62.3 Å². The van der Waals surface area contributed by atoms with E-state index in [2.05, 4.69) is 62.3 Å². The van der Waals surface area contributed by atoms with Crippen molar-refractivity contribution in [1.82, 2.24) is 0 Å². The zero-order chi connectivity index (χ0) is 36.8. The monoisotopic (exact) mass is 714 g/mol. The molecule has 51 heavy (non-hydrogen) atoms. The van der Waals surface area contributed by atoms with Crippen molar-refractivity contribution in [2.24, 2.45) is 16.2 Å². The maximum Gasteiger partial charge on any atom is 0.147 e. The molecular weight excluding hydrogens is 648 g/mol. The van der Waals surface area contributed by atoms with E-state index in [-0.39, 0.29) is 71.2 Å². The molecule has 0 radical (unpaired) electrons. The van der Waals surface area contributed by atoms with Crippen LogP contribution in [-0.2, 0) is 58.9 Å². The lowest BCUT2D eigenvalue weighted by Gasteiger charge is -2.46. The highest BCUT2D eigenvalue weighted by molar-refractivity contribution is 5.74. The molecule has 6 aliphatic carbocycles. The third kappa shape index (κ3) is 4.84. The van der Waals surface area contributed by atoms with Crippen LogP contribution in [0.15, 0.2) is 0 Å². The van der Waals surface area contributed by atoms with Crippen molar-refractivity contribution in [3.8, 4) is 0 Å². The molecule has 0 N–H and O–H groups in total. The number of hydrogen-bond donors (Lipinski definition) is 0. The van der Waals surface area contributed by atoms with E-state index in [4.69, 9.17) is 42.6 Å². The number of fused-ring (bicyclic) bond motifs is 18. The number of methoxy groups -OCH3 is 3. The van der Waals surface area contributed by atoms with Gasteiger partial charge in [-0.15, -0.1) is 0 Å². The van der Waals surface area contributed by atoms with Crippen LogP contribution in [0.25, 0.3) is 0 Å². The molecule has 0 amide bonds. The Bertz CT molecular complexity index is 1280. The topological polar surface area (TPSA) is 83.1 Å².